The van der Waals surface area contributed by atoms with Gasteiger partial charge >= 0.3 is 0 Å². The molecule has 0 saturated heterocycles. The first kappa shape index (κ1) is 12.0. The van der Waals surface area contributed by atoms with E-state index in [0.29, 0.717) is 5.01 Å². The minimum Gasteiger partial charge on any atom is -0.323 e. The Hall–Kier alpha value is -0.460. The van der Waals surface area contributed by atoms with E-state index in [0.717, 1.165) is 29.8 Å². The van der Waals surface area contributed by atoms with Gasteiger partial charge in [0.15, 0.2) is 9.84 Å². The van der Waals surface area contributed by atoms with Crippen molar-refractivity contribution in [3.05, 3.63) is 15.6 Å². The van der Waals surface area contributed by atoms with Crippen LogP contribution in [0.4, 0.5) is 0 Å². The van der Waals surface area contributed by atoms with Gasteiger partial charge in [0.25, 0.3) is 0 Å². The quantitative estimate of drug-likeness (QED) is 0.876. The third-order valence-corrected chi connectivity index (χ3v) is 6.07. The minimum absolute atomic E-state index is 0.0433. The number of nitrogens with two attached hydrogens (primary N) is 1. The van der Waals surface area contributed by atoms with Gasteiger partial charge in [-0.3, -0.25) is 0 Å². The molecule has 1 aromatic heterocycles. The van der Waals surface area contributed by atoms with Gasteiger partial charge < -0.3 is 5.73 Å². The Morgan fingerprint density at radius 2 is 2.25 bits per heavy atom. The minimum atomic E-state index is -3.07. The Labute approximate surface area is 99.8 Å². The Bertz CT molecular complexity index is 493. The Morgan fingerprint density at radius 3 is 2.81 bits per heavy atom. The predicted molar refractivity (Wildman–Crippen MR) is 65.2 cm³/mol. The molecule has 1 aromatic rings. The molecule has 1 aliphatic rings. The second-order valence-corrected chi connectivity index (χ2v) is 7.76. The summed E-state index contributed by atoms with van der Waals surface area (Å²) in [4.78, 5) is 5.51. The van der Waals surface area contributed by atoms with Crippen LogP contribution in [0.3, 0.4) is 0 Å². The highest BCUT2D eigenvalue weighted by Gasteiger charge is 2.27. The van der Waals surface area contributed by atoms with Crippen molar-refractivity contribution in [1.29, 1.82) is 0 Å². The van der Waals surface area contributed by atoms with Gasteiger partial charge in [-0.2, -0.15) is 0 Å². The molecule has 0 fully saturated rings. The van der Waals surface area contributed by atoms with Crippen LogP contribution in [0.1, 0.15) is 46.6 Å². The molecule has 2 N–H and O–H groups in total. The van der Waals surface area contributed by atoms with E-state index >= 15 is 0 Å². The van der Waals surface area contributed by atoms with E-state index in [4.69, 9.17) is 5.73 Å². The van der Waals surface area contributed by atoms with Crippen LogP contribution < -0.4 is 5.73 Å². The summed E-state index contributed by atoms with van der Waals surface area (Å²) < 4.78 is 22.9. The number of aromatic nitrogens is 1. The van der Waals surface area contributed by atoms with Crippen LogP contribution in [0.5, 0.6) is 0 Å². The summed E-state index contributed by atoms with van der Waals surface area (Å²) in [6.07, 6.45) is 4.19. The predicted octanol–water partition coefficient (Wildman–Crippen LogP) is 1.58. The zero-order chi connectivity index (χ0) is 11.9. The molecule has 0 aromatic carbocycles. The molecule has 1 aliphatic carbocycles. The summed E-state index contributed by atoms with van der Waals surface area (Å²) in [6, 6.07) is 0.0433. The van der Waals surface area contributed by atoms with Gasteiger partial charge in [0.05, 0.1) is 5.69 Å². The van der Waals surface area contributed by atoms with Crippen molar-refractivity contribution in [3.63, 3.8) is 0 Å². The molecule has 1 heterocycles. The number of hydrogen-bond acceptors (Lipinski definition) is 5. The van der Waals surface area contributed by atoms with E-state index < -0.39 is 15.1 Å². The Morgan fingerprint density at radius 1 is 1.56 bits per heavy atom. The monoisotopic (exact) mass is 260 g/mol. The molecule has 2 rings (SSSR count). The van der Waals surface area contributed by atoms with Gasteiger partial charge in [0, 0.05) is 17.2 Å². The Balaban J connectivity index is 2.38. The van der Waals surface area contributed by atoms with Gasteiger partial charge in [0.1, 0.15) is 10.3 Å². The molecule has 16 heavy (non-hydrogen) atoms. The third-order valence-electron chi connectivity index (χ3n) is 3.00. The number of rotatable bonds is 2. The number of thiazole rings is 1. The smallest absolute Gasteiger partial charge is 0.156 e. The van der Waals surface area contributed by atoms with Crippen LogP contribution in [-0.4, -0.2) is 19.7 Å². The molecule has 6 heteroatoms. The second kappa shape index (κ2) is 4.09. The lowest BCUT2D eigenvalue weighted by Gasteiger charge is -2.15. The summed E-state index contributed by atoms with van der Waals surface area (Å²) in [7, 11) is -3.07. The van der Waals surface area contributed by atoms with Crippen molar-refractivity contribution in [3.8, 4) is 0 Å². The Kier molecular flexibility index (Phi) is 3.07. The number of nitrogens with zero attached hydrogens (tertiary/aromatic N) is 1. The van der Waals surface area contributed by atoms with E-state index in [1.807, 2.05) is 0 Å². The van der Waals surface area contributed by atoms with Crippen molar-refractivity contribution >= 4 is 21.2 Å². The van der Waals surface area contributed by atoms with Crippen LogP contribution in [0, 0.1) is 0 Å². The van der Waals surface area contributed by atoms with Gasteiger partial charge in [-0.1, -0.05) is 0 Å². The molecule has 0 saturated carbocycles. The fourth-order valence-corrected chi connectivity index (χ4v) is 4.00. The summed E-state index contributed by atoms with van der Waals surface area (Å²) in [5, 5.41) is 0.167. The molecule has 0 aliphatic heterocycles. The molecule has 0 radical (unpaired) electrons. The van der Waals surface area contributed by atoms with Crippen molar-refractivity contribution in [2.24, 2.45) is 5.73 Å². The van der Waals surface area contributed by atoms with E-state index in [1.54, 1.807) is 6.92 Å². The van der Waals surface area contributed by atoms with E-state index in [1.165, 1.54) is 17.6 Å². The number of sulfone groups is 1. The first-order valence-electron chi connectivity index (χ1n) is 5.33. The highest BCUT2D eigenvalue weighted by Crippen LogP contribution is 2.36. The standard InChI is InChI=1S/C10H16N2O2S2/c1-6(16(2,13)14)10-12-8-5-3-4-7(11)9(8)15-10/h6-7H,3-5,11H2,1-2H3. The average Bonchev–Trinajstić information content (AvgIpc) is 2.60. The fourth-order valence-electron chi connectivity index (χ4n) is 1.83. The molecule has 2 unspecified atom stereocenters. The van der Waals surface area contributed by atoms with Gasteiger partial charge in [-0.15, -0.1) is 11.3 Å². The van der Waals surface area contributed by atoms with E-state index in [2.05, 4.69) is 4.98 Å². The molecule has 0 amide bonds. The SMILES string of the molecule is CC(c1nc2c(s1)C(N)CCC2)S(C)(=O)=O. The lowest BCUT2D eigenvalue weighted by molar-refractivity contribution is 0.572. The topological polar surface area (TPSA) is 73.0 Å². The van der Waals surface area contributed by atoms with Gasteiger partial charge in [-0.25, -0.2) is 13.4 Å². The number of aryl methyl sites for hydroxylation is 1. The van der Waals surface area contributed by atoms with Crippen LogP contribution in [0.2, 0.25) is 0 Å². The molecule has 0 spiro atoms. The summed E-state index contributed by atoms with van der Waals surface area (Å²) in [5.74, 6) is 0. The van der Waals surface area contributed by atoms with E-state index in [9.17, 15) is 8.42 Å². The van der Waals surface area contributed by atoms with Crippen LogP contribution in [-0.2, 0) is 16.3 Å². The maximum Gasteiger partial charge on any atom is 0.156 e. The van der Waals surface area contributed by atoms with E-state index in [-0.39, 0.29) is 6.04 Å². The third kappa shape index (κ3) is 2.14. The molecular formula is C10H16N2O2S2. The normalized spacial score (nSPS) is 22.8. The first-order chi connectivity index (χ1) is 7.39. The highest BCUT2D eigenvalue weighted by molar-refractivity contribution is 7.91. The zero-order valence-corrected chi connectivity index (χ0v) is 11.1. The maximum absolute atomic E-state index is 11.5. The second-order valence-electron chi connectivity index (χ2n) is 4.33. The molecule has 2 atom stereocenters. The van der Waals surface area contributed by atoms with Crippen LogP contribution in [0.25, 0.3) is 0 Å². The summed E-state index contributed by atoms with van der Waals surface area (Å²) in [5.41, 5.74) is 7.00. The van der Waals surface area contributed by atoms with Crippen LogP contribution >= 0.6 is 11.3 Å². The molecular weight excluding hydrogens is 244 g/mol. The lowest BCUT2D eigenvalue weighted by atomic mass is 9.99. The first-order valence-corrected chi connectivity index (χ1v) is 8.10. The molecule has 90 valence electrons. The largest absolute Gasteiger partial charge is 0.323 e. The van der Waals surface area contributed by atoms with Gasteiger partial charge in [-0.05, 0) is 26.2 Å². The lowest BCUT2D eigenvalue weighted by Crippen LogP contribution is -2.15. The van der Waals surface area contributed by atoms with Crippen LogP contribution in [0.15, 0.2) is 0 Å². The average molecular weight is 260 g/mol. The summed E-state index contributed by atoms with van der Waals surface area (Å²) >= 11 is 1.46. The molecule has 0 bridgehead atoms. The fraction of sp³-hybridized carbons (Fsp3) is 0.700. The van der Waals surface area contributed by atoms with Gasteiger partial charge in [0.2, 0.25) is 0 Å². The maximum atomic E-state index is 11.5. The molecule has 4 nitrogen and oxygen atoms in total. The van der Waals surface area contributed by atoms with Crippen molar-refractivity contribution in [2.75, 3.05) is 6.26 Å². The summed E-state index contributed by atoms with van der Waals surface area (Å²) in [6.45, 7) is 1.69. The van der Waals surface area contributed by atoms with Crippen molar-refractivity contribution in [1.82, 2.24) is 4.98 Å². The number of hydrogen-bond donors (Lipinski definition) is 1. The highest BCUT2D eigenvalue weighted by atomic mass is 32.2. The zero-order valence-electron chi connectivity index (χ0n) is 9.43. The van der Waals surface area contributed by atoms with Crippen molar-refractivity contribution in [2.45, 2.75) is 37.5 Å². The number of fused-ring (bicyclic) bond motifs is 1. The van der Waals surface area contributed by atoms with Crippen molar-refractivity contribution < 1.29 is 8.42 Å².